The number of carboxylic acid groups (broad SMARTS) is 1. The second-order valence-electron chi connectivity index (χ2n) is 4.59. The van der Waals surface area contributed by atoms with Crippen LogP contribution in [0.5, 0.6) is 0 Å². The van der Waals surface area contributed by atoms with Crippen molar-refractivity contribution in [2.75, 3.05) is 6.54 Å². The first-order valence-corrected chi connectivity index (χ1v) is 6.73. The molecule has 2 amide bonds. The molecule has 0 aliphatic rings. The monoisotopic (exact) mass is 309 g/mol. The number of amides is 2. The molecule has 22 heavy (non-hydrogen) atoms. The Bertz CT molecular complexity index is 575. The fraction of sp³-hybridized carbons (Fsp3) is 0.385. The zero-order valence-electron chi connectivity index (χ0n) is 12.0. The Hall–Kier alpha value is -2.84. The summed E-state index contributed by atoms with van der Waals surface area (Å²) in [6.07, 6.45) is 2.09. The lowest BCUT2D eigenvalue weighted by molar-refractivity contribution is -0.137. The van der Waals surface area contributed by atoms with Gasteiger partial charge < -0.3 is 26.9 Å². The van der Waals surface area contributed by atoms with Crippen molar-refractivity contribution < 1.29 is 19.5 Å². The van der Waals surface area contributed by atoms with Crippen molar-refractivity contribution >= 4 is 23.7 Å². The van der Waals surface area contributed by atoms with Gasteiger partial charge in [-0.15, -0.1) is 0 Å². The summed E-state index contributed by atoms with van der Waals surface area (Å²) in [5.74, 6) is -2.20. The highest BCUT2D eigenvalue weighted by Crippen LogP contribution is 2.04. The van der Waals surface area contributed by atoms with Crippen LogP contribution in [0.3, 0.4) is 0 Å². The van der Waals surface area contributed by atoms with Gasteiger partial charge in [0.25, 0.3) is 11.8 Å². The van der Waals surface area contributed by atoms with E-state index >= 15 is 0 Å². The van der Waals surface area contributed by atoms with Crippen LogP contribution < -0.4 is 16.8 Å². The van der Waals surface area contributed by atoms with Crippen LogP contribution in [0, 0.1) is 0 Å². The molecule has 1 aromatic rings. The molecule has 1 heterocycles. The van der Waals surface area contributed by atoms with Crippen molar-refractivity contribution in [3.63, 3.8) is 0 Å². The van der Waals surface area contributed by atoms with E-state index in [0.717, 1.165) is 0 Å². The summed E-state index contributed by atoms with van der Waals surface area (Å²) in [6, 6.07) is 2.87. The number of nitrogens with zero attached hydrogens (tertiary/aromatic N) is 1. The summed E-state index contributed by atoms with van der Waals surface area (Å²) in [4.78, 5) is 39.6. The summed E-state index contributed by atoms with van der Waals surface area (Å²) in [5, 5.41) is 11.1. The van der Waals surface area contributed by atoms with Gasteiger partial charge in [0, 0.05) is 13.0 Å². The Labute approximate surface area is 126 Å². The van der Waals surface area contributed by atoms with E-state index in [-0.39, 0.29) is 29.7 Å². The first-order valence-electron chi connectivity index (χ1n) is 6.73. The molecule has 0 aliphatic heterocycles. The van der Waals surface area contributed by atoms with Gasteiger partial charge in [0.05, 0.1) is 0 Å². The number of hydrogen-bond acceptors (Lipinski definition) is 3. The second kappa shape index (κ2) is 8.45. The van der Waals surface area contributed by atoms with Gasteiger partial charge in [0.1, 0.15) is 11.4 Å². The van der Waals surface area contributed by atoms with Gasteiger partial charge in [-0.3, -0.25) is 14.4 Å². The number of aliphatic carboxylic acids is 1. The highest BCUT2D eigenvalue weighted by Gasteiger charge is 2.12. The molecule has 1 rings (SSSR count). The van der Waals surface area contributed by atoms with Gasteiger partial charge in [-0.1, -0.05) is 6.42 Å². The predicted octanol–water partition coefficient (Wildman–Crippen LogP) is -0.197. The molecule has 7 N–H and O–H groups in total. The molecule has 0 aromatic carbocycles. The van der Waals surface area contributed by atoms with Crippen LogP contribution in [0.1, 0.15) is 46.7 Å². The van der Waals surface area contributed by atoms with Crippen LogP contribution in [0.15, 0.2) is 17.1 Å². The number of H-pyrrole nitrogens is 1. The first kappa shape index (κ1) is 17.2. The summed E-state index contributed by atoms with van der Waals surface area (Å²) >= 11 is 0. The van der Waals surface area contributed by atoms with Crippen molar-refractivity contribution in [1.82, 2.24) is 10.3 Å². The lowest BCUT2D eigenvalue weighted by atomic mass is 10.2. The third-order valence-corrected chi connectivity index (χ3v) is 2.74. The molecule has 0 radical (unpaired) electrons. The lowest BCUT2D eigenvalue weighted by Crippen LogP contribution is -2.25. The van der Waals surface area contributed by atoms with E-state index in [1.807, 2.05) is 0 Å². The van der Waals surface area contributed by atoms with Crippen LogP contribution in [-0.2, 0) is 4.79 Å². The minimum atomic E-state index is -0.826. The first-order chi connectivity index (χ1) is 10.4. The zero-order valence-corrected chi connectivity index (χ0v) is 12.0. The van der Waals surface area contributed by atoms with E-state index in [0.29, 0.717) is 25.8 Å². The average molecular weight is 309 g/mol. The summed E-state index contributed by atoms with van der Waals surface area (Å²) in [6.45, 7) is 0.425. The number of hydrogen-bond donors (Lipinski definition) is 5. The van der Waals surface area contributed by atoms with E-state index in [1.54, 1.807) is 0 Å². The maximum absolute atomic E-state index is 11.8. The van der Waals surface area contributed by atoms with Crippen molar-refractivity contribution in [3.05, 3.63) is 23.5 Å². The van der Waals surface area contributed by atoms with Crippen LogP contribution in [-0.4, -0.2) is 40.4 Å². The second-order valence-corrected chi connectivity index (χ2v) is 4.59. The van der Waals surface area contributed by atoms with Crippen molar-refractivity contribution in [2.45, 2.75) is 25.7 Å². The van der Waals surface area contributed by atoms with E-state index in [1.165, 1.54) is 12.1 Å². The standard InChI is InChI=1S/C13H19N5O4/c14-13(15)18-12(22)9-6-5-8(17-9)11(21)16-7-3-1-2-4-10(19)20/h5-6,17H,1-4,7H2,(H,16,21)(H,19,20)(H4,14,15,18,22). The molecule has 9 heteroatoms. The summed E-state index contributed by atoms with van der Waals surface area (Å²) in [7, 11) is 0. The summed E-state index contributed by atoms with van der Waals surface area (Å²) < 4.78 is 0. The molecule has 0 unspecified atom stereocenters. The van der Waals surface area contributed by atoms with E-state index < -0.39 is 11.9 Å². The Morgan fingerprint density at radius 2 is 1.82 bits per heavy atom. The number of carbonyl (C=O) groups is 3. The maximum atomic E-state index is 11.8. The van der Waals surface area contributed by atoms with Gasteiger partial charge in [0.15, 0.2) is 5.96 Å². The summed E-state index contributed by atoms with van der Waals surface area (Å²) in [5.41, 5.74) is 10.5. The van der Waals surface area contributed by atoms with E-state index in [4.69, 9.17) is 16.6 Å². The number of aromatic amines is 1. The van der Waals surface area contributed by atoms with E-state index in [2.05, 4.69) is 15.3 Å². The van der Waals surface area contributed by atoms with Crippen molar-refractivity contribution in [1.29, 1.82) is 0 Å². The van der Waals surface area contributed by atoms with Crippen LogP contribution >= 0.6 is 0 Å². The van der Waals surface area contributed by atoms with Crippen molar-refractivity contribution in [3.8, 4) is 0 Å². The van der Waals surface area contributed by atoms with Gasteiger partial charge in [-0.2, -0.15) is 4.99 Å². The molecule has 0 fully saturated rings. The smallest absolute Gasteiger partial charge is 0.303 e. The minimum absolute atomic E-state index is 0.111. The largest absolute Gasteiger partial charge is 0.481 e. The topological polar surface area (TPSA) is 164 Å². The van der Waals surface area contributed by atoms with Crippen LogP contribution in [0.2, 0.25) is 0 Å². The van der Waals surface area contributed by atoms with Gasteiger partial charge in [-0.05, 0) is 25.0 Å². The average Bonchev–Trinajstić information content (AvgIpc) is 2.91. The van der Waals surface area contributed by atoms with Crippen LogP contribution in [0.4, 0.5) is 0 Å². The zero-order chi connectivity index (χ0) is 16.5. The number of nitrogens with one attached hydrogen (secondary N) is 2. The molecule has 9 nitrogen and oxygen atoms in total. The molecule has 0 aliphatic carbocycles. The van der Waals surface area contributed by atoms with Crippen LogP contribution in [0.25, 0.3) is 0 Å². The van der Waals surface area contributed by atoms with Gasteiger partial charge in [-0.25, -0.2) is 0 Å². The molecular weight excluding hydrogens is 290 g/mol. The highest BCUT2D eigenvalue weighted by molar-refractivity contribution is 6.02. The highest BCUT2D eigenvalue weighted by atomic mass is 16.4. The molecule has 1 aromatic heterocycles. The maximum Gasteiger partial charge on any atom is 0.303 e. The quantitative estimate of drug-likeness (QED) is 0.253. The van der Waals surface area contributed by atoms with Gasteiger partial charge >= 0.3 is 5.97 Å². The number of guanidine groups is 1. The fourth-order valence-corrected chi connectivity index (χ4v) is 1.70. The Kier molecular flexibility index (Phi) is 6.61. The number of carboxylic acids is 1. The number of aromatic nitrogens is 1. The molecule has 0 spiro atoms. The normalized spacial score (nSPS) is 10.0. The Morgan fingerprint density at radius 1 is 1.14 bits per heavy atom. The molecule has 120 valence electrons. The number of rotatable bonds is 8. The third kappa shape index (κ3) is 6.07. The number of aliphatic imine (C=N–C) groups is 1. The molecule has 0 saturated heterocycles. The third-order valence-electron chi connectivity index (χ3n) is 2.74. The molecular formula is C13H19N5O4. The Balaban J connectivity index is 2.37. The number of unbranched alkanes of at least 4 members (excludes halogenated alkanes) is 2. The van der Waals surface area contributed by atoms with E-state index in [9.17, 15) is 14.4 Å². The predicted molar refractivity (Wildman–Crippen MR) is 79.4 cm³/mol. The van der Waals surface area contributed by atoms with Crippen molar-refractivity contribution in [2.24, 2.45) is 16.5 Å². The minimum Gasteiger partial charge on any atom is -0.481 e. The molecule has 0 atom stereocenters. The molecule has 0 bridgehead atoms. The molecule has 0 saturated carbocycles. The lowest BCUT2D eigenvalue weighted by Gasteiger charge is -2.03. The van der Waals surface area contributed by atoms with Gasteiger partial charge in [0.2, 0.25) is 0 Å². The number of nitrogens with two attached hydrogens (primary N) is 2. The SMILES string of the molecule is NC(N)=NC(=O)c1ccc(C(=O)NCCCCCC(=O)O)[nH]1. The Morgan fingerprint density at radius 3 is 2.45 bits per heavy atom. The fourth-order valence-electron chi connectivity index (χ4n) is 1.70. The number of carbonyl (C=O) groups excluding carboxylic acids is 2.